The van der Waals surface area contributed by atoms with Gasteiger partial charge in [-0.15, -0.1) is 0 Å². The normalized spacial score (nSPS) is 24.7. The molecule has 0 amide bonds. The fourth-order valence-corrected chi connectivity index (χ4v) is 1.94. The van der Waals surface area contributed by atoms with E-state index in [9.17, 15) is 0 Å². The lowest BCUT2D eigenvalue weighted by Gasteiger charge is -2.25. The lowest BCUT2D eigenvalue weighted by Crippen LogP contribution is -2.33. The van der Waals surface area contributed by atoms with Crippen LogP contribution in [-0.4, -0.2) is 23.8 Å². The molecule has 3 nitrogen and oxygen atoms in total. The van der Waals surface area contributed by atoms with Crippen LogP contribution in [0, 0.1) is 6.92 Å². The van der Waals surface area contributed by atoms with E-state index in [0.717, 1.165) is 36.6 Å². The van der Waals surface area contributed by atoms with E-state index in [2.05, 4.69) is 18.8 Å². The van der Waals surface area contributed by atoms with Crippen molar-refractivity contribution in [3.63, 3.8) is 0 Å². The number of pyridine rings is 1. The largest absolute Gasteiger partial charge is 0.483 e. The molecular weight excluding hydrogens is 202 g/mol. The molecule has 0 saturated carbocycles. The monoisotopic (exact) mass is 221 g/mol. The summed E-state index contributed by atoms with van der Waals surface area (Å²) >= 11 is 0. The Bertz CT molecular complexity index is 370. The van der Waals surface area contributed by atoms with E-state index in [4.69, 9.17) is 9.47 Å². The van der Waals surface area contributed by atoms with E-state index in [0.29, 0.717) is 6.61 Å². The lowest BCUT2D eigenvalue weighted by atomic mass is 10.1. The van der Waals surface area contributed by atoms with E-state index in [1.165, 1.54) is 0 Å². The number of rotatable bonds is 3. The predicted molar refractivity (Wildman–Crippen MR) is 62.8 cm³/mol. The second-order valence-corrected chi connectivity index (χ2v) is 4.61. The number of aromatic nitrogens is 1. The Labute approximate surface area is 96.8 Å². The summed E-state index contributed by atoms with van der Waals surface area (Å²) < 4.78 is 11.4. The van der Waals surface area contributed by atoms with Crippen LogP contribution in [0.3, 0.4) is 0 Å². The van der Waals surface area contributed by atoms with Gasteiger partial charge in [-0.25, -0.2) is 0 Å². The Kier molecular flexibility index (Phi) is 3.15. The van der Waals surface area contributed by atoms with Gasteiger partial charge in [0.2, 0.25) is 0 Å². The van der Waals surface area contributed by atoms with Gasteiger partial charge in [0.05, 0.1) is 18.9 Å². The molecule has 16 heavy (non-hydrogen) atoms. The number of hydrogen-bond acceptors (Lipinski definition) is 3. The molecule has 0 unspecified atom stereocenters. The van der Waals surface area contributed by atoms with Crippen molar-refractivity contribution in [3.8, 4) is 5.75 Å². The van der Waals surface area contributed by atoms with Gasteiger partial charge in [-0.05, 0) is 32.4 Å². The van der Waals surface area contributed by atoms with E-state index < -0.39 is 0 Å². The van der Waals surface area contributed by atoms with Gasteiger partial charge < -0.3 is 9.47 Å². The number of hydrogen-bond donors (Lipinski definition) is 0. The summed E-state index contributed by atoms with van der Waals surface area (Å²) in [5, 5.41) is 0. The van der Waals surface area contributed by atoms with Crippen LogP contribution in [0.4, 0.5) is 0 Å². The Morgan fingerprint density at radius 3 is 2.94 bits per heavy atom. The van der Waals surface area contributed by atoms with Crippen LogP contribution in [0.1, 0.15) is 31.7 Å². The Hall–Kier alpha value is -1.09. The zero-order valence-corrected chi connectivity index (χ0v) is 10.2. The van der Waals surface area contributed by atoms with Crippen LogP contribution >= 0.6 is 0 Å². The third-order valence-electron chi connectivity index (χ3n) is 2.95. The first-order valence-electron chi connectivity index (χ1n) is 5.86. The summed E-state index contributed by atoms with van der Waals surface area (Å²) in [6.07, 6.45) is 1.85. The minimum absolute atomic E-state index is 0.180. The molecule has 1 fully saturated rings. The summed E-state index contributed by atoms with van der Waals surface area (Å²) in [6.45, 7) is 7.66. The summed E-state index contributed by atoms with van der Waals surface area (Å²) in [4.78, 5) is 4.50. The Morgan fingerprint density at radius 2 is 2.31 bits per heavy atom. The molecular formula is C13H19NO2. The first-order valence-corrected chi connectivity index (χ1v) is 5.86. The van der Waals surface area contributed by atoms with E-state index >= 15 is 0 Å². The SMILES string of the molecule is CCc1nc(C)ccc1O[C@]1(C)CCOC1. The van der Waals surface area contributed by atoms with E-state index in [1.54, 1.807) is 0 Å². The first kappa shape index (κ1) is 11.4. The quantitative estimate of drug-likeness (QED) is 0.786. The molecule has 0 spiro atoms. The molecule has 1 atom stereocenters. The number of nitrogens with zero attached hydrogens (tertiary/aromatic N) is 1. The second-order valence-electron chi connectivity index (χ2n) is 4.61. The fraction of sp³-hybridized carbons (Fsp3) is 0.615. The summed E-state index contributed by atoms with van der Waals surface area (Å²) in [6, 6.07) is 4.01. The smallest absolute Gasteiger partial charge is 0.141 e. The summed E-state index contributed by atoms with van der Waals surface area (Å²) in [5.74, 6) is 0.904. The third kappa shape index (κ3) is 2.35. The zero-order chi connectivity index (χ0) is 11.6. The number of ether oxygens (including phenoxy) is 2. The lowest BCUT2D eigenvalue weighted by molar-refractivity contribution is 0.0651. The van der Waals surface area contributed by atoms with Gasteiger partial charge in [0, 0.05) is 12.1 Å². The van der Waals surface area contributed by atoms with E-state index in [1.807, 2.05) is 19.1 Å². The van der Waals surface area contributed by atoms with Crippen molar-refractivity contribution in [2.45, 2.75) is 39.2 Å². The molecule has 0 bridgehead atoms. The minimum atomic E-state index is -0.180. The van der Waals surface area contributed by atoms with Crippen LogP contribution in [0.2, 0.25) is 0 Å². The molecule has 1 aliphatic heterocycles. The van der Waals surface area contributed by atoms with Crippen molar-refractivity contribution < 1.29 is 9.47 Å². The van der Waals surface area contributed by atoms with Gasteiger partial charge in [-0.1, -0.05) is 6.92 Å². The molecule has 0 aromatic carbocycles. The molecule has 1 aromatic rings. The third-order valence-corrected chi connectivity index (χ3v) is 2.95. The molecule has 1 saturated heterocycles. The Morgan fingerprint density at radius 1 is 1.50 bits per heavy atom. The average Bonchev–Trinajstić information content (AvgIpc) is 2.68. The fourth-order valence-electron chi connectivity index (χ4n) is 1.94. The van der Waals surface area contributed by atoms with Crippen molar-refractivity contribution in [1.82, 2.24) is 4.98 Å². The predicted octanol–water partition coefficient (Wildman–Crippen LogP) is 2.51. The molecule has 1 aliphatic rings. The molecule has 0 aliphatic carbocycles. The molecule has 1 aromatic heterocycles. The Balaban J connectivity index is 2.20. The maximum atomic E-state index is 6.05. The first-order chi connectivity index (χ1) is 7.63. The molecule has 0 N–H and O–H groups in total. The van der Waals surface area contributed by atoms with Crippen molar-refractivity contribution in [2.24, 2.45) is 0 Å². The van der Waals surface area contributed by atoms with Gasteiger partial charge in [0.15, 0.2) is 0 Å². The van der Waals surface area contributed by atoms with Gasteiger partial charge in [0.1, 0.15) is 11.4 Å². The van der Waals surface area contributed by atoms with Gasteiger partial charge >= 0.3 is 0 Å². The van der Waals surface area contributed by atoms with Crippen LogP contribution in [0.25, 0.3) is 0 Å². The summed E-state index contributed by atoms with van der Waals surface area (Å²) in [7, 11) is 0. The highest BCUT2D eigenvalue weighted by molar-refractivity contribution is 5.30. The highest BCUT2D eigenvalue weighted by Crippen LogP contribution is 2.28. The highest BCUT2D eigenvalue weighted by atomic mass is 16.6. The van der Waals surface area contributed by atoms with Crippen LogP contribution in [0.15, 0.2) is 12.1 Å². The van der Waals surface area contributed by atoms with Crippen LogP contribution in [-0.2, 0) is 11.2 Å². The summed E-state index contributed by atoms with van der Waals surface area (Å²) in [5.41, 5.74) is 1.89. The van der Waals surface area contributed by atoms with Gasteiger partial charge in [0.25, 0.3) is 0 Å². The van der Waals surface area contributed by atoms with Crippen LogP contribution in [0.5, 0.6) is 5.75 Å². The topological polar surface area (TPSA) is 31.4 Å². The highest BCUT2D eigenvalue weighted by Gasteiger charge is 2.32. The molecule has 3 heteroatoms. The maximum absolute atomic E-state index is 6.05. The van der Waals surface area contributed by atoms with Crippen molar-refractivity contribution in [1.29, 1.82) is 0 Å². The van der Waals surface area contributed by atoms with Gasteiger partial charge in [-0.2, -0.15) is 0 Å². The second kappa shape index (κ2) is 4.42. The van der Waals surface area contributed by atoms with Crippen molar-refractivity contribution in [3.05, 3.63) is 23.5 Å². The van der Waals surface area contributed by atoms with E-state index in [-0.39, 0.29) is 5.60 Å². The van der Waals surface area contributed by atoms with Crippen molar-refractivity contribution >= 4 is 0 Å². The maximum Gasteiger partial charge on any atom is 0.141 e. The van der Waals surface area contributed by atoms with Gasteiger partial charge in [-0.3, -0.25) is 4.98 Å². The molecule has 88 valence electrons. The molecule has 2 heterocycles. The standard InChI is InChI=1S/C13H19NO2/c1-4-11-12(6-5-10(2)14-11)16-13(3)7-8-15-9-13/h5-6H,4,7-9H2,1-3H3/t13-/m1/s1. The van der Waals surface area contributed by atoms with Crippen LogP contribution < -0.4 is 4.74 Å². The van der Waals surface area contributed by atoms with Crippen molar-refractivity contribution in [2.75, 3.05) is 13.2 Å². The zero-order valence-electron chi connectivity index (χ0n) is 10.2. The average molecular weight is 221 g/mol. The molecule has 0 radical (unpaired) electrons. The minimum Gasteiger partial charge on any atom is -0.483 e. The molecule has 2 rings (SSSR count). The number of aryl methyl sites for hydroxylation is 2.